The van der Waals surface area contributed by atoms with Gasteiger partial charge in [0.05, 0.1) is 41.6 Å². The molecule has 5 amide bonds. The van der Waals surface area contributed by atoms with E-state index in [1.807, 2.05) is 31.2 Å². The maximum atomic E-state index is 13.3. The van der Waals surface area contributed by atoms with Crippen LogP contribution in [0.3, 0.4) is 0 Å². The summed E-state index contributed by atoms with van der Waals surface area (Å²) in [5.41, 5.74) is 2.74. The first kappa shape index (κ1) is 38.7. The molecule has 12 nitrogen and oxygen atoms in total. The number of carbonyl (C=O) groups is 5. The number of benzene rings is 4. The number of alkyl halides is 3. The number of hydrogen-bond acceptors (Lipinski definition) is 9. The molecule has 57 heavy (non-hydrogen) atoms. The lowest BCUT2D eigenvalue weighted by Gasteiger charge is -2.27. The van der Waals surface area contributed by atoms with Crippen LogP contribution in [-0.4, -0.2) is 71.8 Å². The van der Waals surface area contributed by atoms with Crippen LogP contribution < -0.4 is 21.3 Å². The van der Waals surface area contributed by atoms with E-state index >= 15 is 0 Å². The lowest BCUT2D eigenvalue weighted by atomic mass is 9.96. The minimum Gasteiger partial charge on any atom is -0.383 e. The minimum atomic E-state index is -4.42. The Morgan fingerprint density at radius 2 is 1.60 bits per heavy atom. The van der Waals surface area contributed by atoms with Gasteiger partial charge in [0.1, 0.15) is 11.9 Å². The van der Waals surface area contributed by atoms with E-state index in [4.69, 9.17) is 4.74 Å². The lowest BCUT2D eigenvalue weighted by molar-refractivity contribution is -0.138. The number of nitrogens with zero attached hydrogens (tertiary/aromatic N) is 2. The molecule has 1 saturated heterocycles. The van der Waals surface area contributed by atoms with Gasteiger partial charge in [-0.05, 0) is 89.8 Å². The molecule has 3 heterocycles. The Hall–Kier alpha value is -6.61. The van der Waals surface area contributed by atoms with E-state index in [0.717, 1.165) is 33.4 Å². The normalized spacial score (nSPS) is 16.0. The molecule has 15 heteroatoms. The van der Waals surface area contributed by atoms with E-state index in [1.54, 1.807) is 42.5 Å². The molecule has 2 aliphatic rings. The molecule has 7 rings (SSSR count). The number of carbonyl (C=O) groups excluding carboxylic acids is 5. The zero-order valence-corrected chi connectivity index (χ0v) is 30.6. The van der Waals surface area contributed by atoms with Gasteiger partial charge in [0, 0.05) is 30.8 Å². The van der Waals surface area contributed by atoms with Gasteiger partial charge in [-0.15, -0.1) is 0 Å². The predicted octanol–water partition coefficient (Wildman–Crippen LogP) is 6.35. The van der Waals surface area contributed by atoms with Crippen LogP contribution in [0.5, 0.6) is 0 Å². The van der Waals surface area contributed by atoms with E-state index in [0.29, 0.717) is 54.6 Å². The highest BCUT2D eigenvalue weighted by molar-refractivity contribution is 6.23. The molecule has 0 spiro atoms. The van der Waals surface area contributed by atoms with Crippen molar-refractivity contribution in [3.8, 4) is 11.1 Å². The van der Waals surface area contributed by atoms with E-state index in [2.05, 4.69) is 26.3 Å². The summed E-state index contributed by atoms with van der Waals surface area (Å²) < 4.78 is 44.9. The second-order valence-corrected chi connectivity index (χ2v) is 13.6. The van der Waals surface area contributed by atoms with Gasteiger partial charge in [0.15, 0.2) is 0 Å². The van der Waals surface area contributed by atoms with Gasteiger partial charge in [-0.25, -0.2) is 4.98 Å². The van der Waals surface area contributed by atoms with Crippen LogP contribution in [0.2, 0.25) is 0 Å². The first-order valence-electron chi connectivity index (χ1n) is 18.3. The van der Waals surface area contributed by atoms with Gasteiger partial charge in [0.25, 0.3) is 17.7 Å². The third kappa shape index (κ3) is 8.48. The van der Waals surface area contributed by atoms with Crippen molar-refractivity contribution in [1.82, 2.24) is 20.5 Å². The second kappa shape index (κ2) is 16.2. The summed E-state index contributed by atoms with van der Waals surface area (Å²) in [5.74, 6) is -1.94. The Kier molecular flexibility index (Phi) is 11.0. The Morgan fingerprint density at radius 3 is 2.35 bits per heavy atom. The first-order valence-corrected chi connectivity index (χ1v) is 18.3. The molecule has 0 radical (unpaired) electrons. The first-order chi connectivity index (χ1) is 27.4. The highest BCUT2D eigenvalue weighted by Crippen LogP contribution is 2.34. The van der Waals surface area contributed by atoms with Crippen LogP contribution in [0.4, 0.5) is 24.7 Å². The topological polar surface area (TPSA) is 159 Å². The van der Waals surface area contributed by atoms with E-state index < -0.39 is 47.5 Å². The zero-order chi connectivity index (χ0) is 40.3. The molecular weight excluding hydrogens is 741 g/mol. The number of imide groups is 2. The fourth-order valence-corrected chi connectivity index (χ4v) is 6.86. The van der Waals surface area contributed by atoms with Crippen LogP contribution in [0.15, 0.2) is 97.1 Å². The maximum absolute atomic E-state index is 13.3. The van der Waals surface area contributed by atoms with Gasteiger partial charge in [-0.2, -0.15) is 13.2 Å². The van der Waals surface area contributed by atoms with E-state index in [9.17, 15) is 37.1 Å². The van der Waals surface area contributed by atoms with Crippen LogP contribution in [0.1, 0.15) is 68.1 Å². The summed E-state index contributed by atoms with van der Waals surface area (Å²) in [6.07, 6.45) is -4.28. The largest absolute Gasteiger partial charge is 0.416 e. The number of rotatable bonds is 13. The van der Waals surface area contributed by atoms with Crippen LogP contribution in [0, 0.1) is 0 Å². The Balaban J connectivity index is 0.861. The highest BCUT2D eigenvalue weighted by Gasteiger charge is 2.44. The number of fused-ring (bicyclic) bond motifs is 2. The van der Waals surface area contributed by atoms with Gasteiger partial charge in [0.2, 0.25) is 11.8 Å². The molecule has 1 aromatic heterocycles. The predicted molar refractivity (Wildman–Crippen MR) is 205 cm³/mol. The number of hydrogen-bond donors (Lipinski definition) is 4. The number of anilines is 2. The summed E-state index contributed by atoms with van der Waals surface area (Å²) in [7, 11) is 0. The standard InChI is InChI=1S/C42H37F3N6O6/c1-24(48-38(53)27-10-14-31-26(22-27)4-2-5-30(31)25-8-11-28(12-9-25)42(43,44)45)34-6-3-7-36(49-34)47-19-21-57-20-18-46-29-13-15-32-33(23-29)41(56)51(40(32)55)35-16-17-37(52)50-39(35)54/h2-15,22-24,35,46H,16-21H2,1H3,(H,47,49)(H,48,53)(H,50,52,54)/t24-,35?/m0/s1. The number of halogens is 3. The van der Waals surface area contributed by atoms with Crippen molar-refractivity contribution >= 4 is 51.8 Å². The smallest absolute Gasteiger partial charge is 0.383 e. The number of pyridine rings is 1. The minimum absolute atomic E-state index is 0.0495. The molecule has 292 valence electrons. The molecule has 0 saturated carbocycles. The highest BCUT2D eigenvalue weighted by atomic mass is 19.4. The van der Waals surface area contributed by atoms with Crippen molar-refractivity contribution < 1.29 is 41.9 Å². The van der Waals surface area contributed by atoms with Crippen LogP contribution in [-0.2, 0) is 20.5 Å². The quantitative estimate of drug-likeness (QED) is 0.0790. The van der Waals surface area contributed by atoms with Crippen LogP contribution >= 0.6 is 0 Å². The number of nitrogens with one attached hydrogen (secondary N) is 4. The van der Waals surface area contributed by atoms with Crippen molar-refractivity contribution in [1.29, 1.82) is 0 Å². The molecule has 4 N–H and O–H groups in total. The van der Waals surface area contributed by atoms with Crippen molar-refractivity contribution in [2.24, 2.45) is 0 Å². The number of ether oxygens (including phenoxy) is 1. The molecule has 2 atom stereocenters. The van der Waals surface area contributed by atoms with Gasteiger partial charge in [-0.1, -0.05) is 42.5 Å². The maximum Gasteiger partial charge on any atom is 0.416 e. The third-order valence-electron chi connectivity index (χ3n) is 9.80. The second-order valence-electron chi connectivity index (χ2n) is 13.6. The van der Waals surface area contributed by atoms with Gasteiger partial charge >= 0.3 is 6.18 Å². The average molecular weight is 779 g/mol. The van der Waals surface area contributed by atoms with Crippen LogP contribution in [0.25, 0.3) is 21.9 Å². The summed E-state index contributed by atoms with van der Waals surface area (Å²) in [6.45, 7) is 3.40. The molecule has 4 aromatic carbocycles. The molecule has 0 aliphatic carbocycles. The van der Waals surface area contributed by atoms with Crippen molar-refractivity contribution in [3.63, 3.8) is 0 Å². The molecule has 5 aromatic rings. The average Bonchev–Trinajstić information content (AvgIpc) is 3.44. The molecule has 0 bridgehead atoms. The monoisotopic (exact) mass is 778 g/mol. The Labute approximate surface area is 324 Å². The Bertz CT molecular complexity index is 2390. The number of amides is 5. The van der Waals surface area contributed by atoms with Crippen molar-refractivity contribution in [3.05, 3.63) is 125 Å². The fraction of sp³-hybridized carbons (Fsp3) is 0.238. The summed E-state index contributed by atoms with van der Waals surface area (Å²) >= 11 is 0. The van der Waals surface area contributed by atoms with E-state index in [-0.39, 0.29) is 29.9 Å². The summed E-state index contributed by atoms with van der Waals surface area (Å²) in [5, 5.41) is 13.1. The molecule has 2 aliphatic heterocycles. The third-order valence-corrected chi connectivity index (χ3v) is 9.80. The van der Waals surface area contributed by atoms with E-state index in [1.165, 1.54) is 18.2 Å². The summed E-state index contributed by atoms with van der Waals surface area (Å²) in [6, 6.07) is 24.5. The fourth-order valence-electron chi connectivity index (χ4n) is 6.86. The van der Waals surface area contributed by atoms with Gasteiger partial charge in [-0.3, -0.25) is 34.2 Å². The number of piperidine rings is 1. The molecular formula is C42H37F3N6O6. The SMILES string of the molecule is C[C@H](NC(=O)c1ccc2c(-c3ccc(C(F)(F)F)cc3)cccc2c1)c1cccc(NCCOCCNc2ccc3c(c2)C(=O)N(C2CCC(=O)NC2=O)C3=O)n1. The molecule has 1 unspecified atom stereocenters. The molecule has 1 fully saturated rings. The summed E-state index contributed by atoms with van der Waals surface area (Å²) in [4.78, 5) is 68.6. The Morgan fingerprint density at radius 1 is 0.860 bits per heavy atom. The lowest BCUT2D eigenvalue weighted by Crippen LogP contribution is -2.54. The van der Waals surface area contributed by atoms with Crippen molar-refractivity contribution in [2.45, 2.75) is 38.0 Å². The zero-order valence-electron chi connectivity index (χ0n) is 30.6. The van der Waals surface area contributed by atoms with Crippen molar-refractivity contribution in [2.75, 3.05) is 36.9 Å². The van der Waals surface area contributed by atoms with Gasteiger partial charge < -0.3 is 20.7 Å². The number of aromatic nitrogens is 1.